The number of hydrogen-bond acceptors (Lipinski definition) is 2. The average Bonchev–Trinajstić information content (AvgIpc) is 2.05. The fraction of sp³-hybridized carbons (Fsp3) is 0.545. The van der Waals surface area contributed by atoms with Crippen molar-refractivity contribution in [3.8, 4) is 0 Å². The van der Waals surface area contributed by atoms with Crippen LogP contribution in [0.5, 0.6) is 0 Å². The van der Waals surface area contributed by atoms with Crippen molar-refractivity contribution in [2.24, 2.45) is 11.8 Å². The lowest BCUT2D eigenvalue weighted by Gasteiger charge is -2.42. The second-order valence-corrected chi connectivity index (χ2v) is 4.24. The van der Waals surface area contributed by atoms with E-state index in [9.17, 15) is 4.39 Å². The summed E-state index contributed by atoms with van der Waals surface area (Å²) in [6.07, 6.45) is 1.28. The summed E-state index contributed by atoms with van der Waals surface area (Å²) in [7, 11) is 0. The highest BCUT2D eigenvalue weighted by Gasteiger charge is 2.29. The lowest BCUT2D eigenvalue weighted by molar-refractivity contribution is 0.308. The molecule has 1 saturated heterocycles. The Morgan fingerprint density at radius 2 is 2.14 bits per heavy atom. The Bertz CT molecular complexity index is 302. The molecule has 0 spiro atoms. The van der Waals surface area contributed by atoms with Gasteiger partial charge in [0.05, 0.1) is 6.20 Å². The van der Waals surface area contributed by atoms with Gasteiger partial charge in [-0.1, -0.05) is 13.8 Å². The largest absolute Gasteiger partial charge is 0.356 e. The molecule has 0 atom stereocenters. The van der Waals surface area contributed by atoms with E-state index in [-0.39, 0.29) is 5.82 Å². The van der Waals surface area contributed by atoms with Crippen molar-refractivity contribution < 1.29 is 4.39 Å². The monoisotopic (exact) mass is 194 g/mol. The summed E-state index contributed by atoms with van der Waals surface area (Å²) in [5.74, 6) is 2.12. The molecule has 1 aliphatic heterocycles. The maximum atomic E-state index is 12.6. The van der Waals surface area contributed by atoms with Crippen LogP contribution in [-0.2, 0) is 0 Å². The van der Waals surface area contributed by atoms with E-state index < -0.39 is 0 Å². The van der Waals surface area contributed by atoms with E-state index >= 15 is 0 Å². The molecule has 3 heteroatoms. The number of halogens is 1. The number of rotatable bonds is 2. The summed E-state index contributed by atoms with van der Waals surface area (Å²) in [6, 6.07) is 3.21. The van der Waals surface area contributed by atoms with Crippen molar-refractivity contribution in [1.82, 2.24) is 4.98 Å². The number of nitrogens with zero attached hydrogens (tertiary/aromatic N) is 2. The standard InChI is InChI=1S/C11H15FN2/c1-8(2)9-6-14(7-9)11-4-3-10(12)5-13-11/h3-5,8-9H,6-7H2,1-2H3. The molecule has 2 rings (SSSR count). The summed E-state index contributed by atoms with van der Waals surface area (Å²) >= 11 is 0. The number of pyridine rings is 1. The molecule has 0 saturated carbocycles. The van der Waals surface area contributed by atoms with Gasteiger partial charge in [0.25, 0.3) is 0 Å². The molecule has 0 aromatic carbocycles. The van der Waals surface area contributed by atoms with Crippen LogP contribution >= 0.6 is 0 Å². The van der Waals surface area contributed by atoms with Crippen LogP contribution in [0.3, 0.4) is 0 Å². The van der Waals surface area contributed by atoms with Gasteiger partial charge in [-0.3, -0.25) is 0 Å². The Hall–Kier alpha value is -1.12. The Labute approximate surface area is 83.8 Å². The molecule has 76 valence electrons. The van der Waals surface area contributed by atoms with Gasteiger partial charge in [-0.05, 0) is 24.0 Å². The molecule has 0 aliphatic carbocycles. The zero-order valence-corrected chi connectivity index (χ0v) is 8.57. The average molecular weight is 194 g/mol. The topological polar surface area (TPSA) is 16.1 Å². The summed E-state index contributed by atoms with van der Waals surface area (Å²) in [5.41, 5.74) is 0. The smallest absolute Gasteiger partial charge is 0.141 e. The number of aromatic nitrogens is 1. The van der Waals surface area contributed by atoms with E-state index in [0.717, 1.165) is 30.7 Å². The molecule has 2 heterocycles. The molecular weight excluding hydrogens is 179 g/mol. The van der Waals surface area contributed by atoms with E-state index in [4.69, 9.17) is 0 Å². The summed E-state index contributed by atoms with van der Waals surface area (Å²) in [5, 5.41) is 0. The van der Waals surface area contributed by atoms with Gasteiger partial charge in [-0.25, -0.2) is 9.37 Å². The minimum Gasteiger partial charge on any atom is -0.356 e. The van der Waals surface area contributed by atoms with Crippen LogP contribution in [-0.4, -0.2) is 18.1 Å². The van der Waals surface area contributed by atoms with E-state index in [0.29, 0.717) is 0 Å². The SMILES string of the molecule is CC(C)C1CN(c2ccc(F)cn2)C1. The highest BCUT2D eigenvalue weighted by molar-refractivity contribution is 5.41. The van der Waals surface area contributed by atoms with Crippen molar-refractivity contribution in [2.45, 2.75) is 13.8 Å². The molecule has 1 fully saturated rings. The van der Waals surface area contributed by atoms with Crippen LogP contribution in [0.15, 0.2) is 18.3 Å². The van der Waals surface area contributed by atoms with Gasteiger partial charge >= 0.3 is 0 Å². The second-order valence-electron chi connectivity index (χ2n) is 4.24. The third kappa shape index (κ3) is 1.72. The number of hydrogen-bond donors (Lipinski definition) is 0. The molecule has 1 aliphatic rings. The number of anilines is 1. The third-order valence-electron chi connectivity index (χ3n) is 2.89. The predicted octanol–water partition coefficient (Wildman–Crippen LogP) is 2.31. The molecule has 2 nitrogen and oxygen atoms in total. The normalized spacial score (nSPS) is 17.3. The van der Waals surface area contributed by atoms with Gasteiger partial charge in [-0.2, -0.15) is 0 Å². The zero-order chi connectivity index (χ0) is 10.1. The van der Waals surface area contributed by atoms with Crippen LogP contribution in [0.2, 0.25) is 0 Å². The summed E-state index contributed by atoms with van der Waals surface area (Å²) in [4.78, 5) is 6.23. The molecule has 14 heavy (non-hydrogen) atoms. The minimum absolute atomic E-state index is 0.269. The van der Waals surface area contributed by atoms with Crippen molar-refractivity contribution >= 4 is 5.82 Å². The van der Waals surface area contributed by atoms with Gasteiger partial charge < -0.3 is 4.90 Å². The Balaban J connectivity index is 1.96. The summed E-state index contributed by atoms with van der Waals surface area (Å²) in [6.45, 7) is 6.58. The van der Waals surface area contributed by atoms with Gasteiger partial charge in [0.15, 0.2) is 0 Å². The first-order valence-corrected chi connectivity index (χ1v) is 5.03. The van der Waals surface area contributed by atoms with Crippen LogP contribution in [0.4, 0.5) is 10.2 Å². The van der Waals surface area contributed by atoms with Crippen LogP contribution in [0.25, 0.3) is 0 Å². The van der Waals surface area contributed by atoms with Crippen LogP contribution < -0.4 is 4.90 Å². The lowest BCUT2D eigenvalue weighted by atomic mass is 9.88. The van der Waals surface area contributed by atoms with E-state index in [1.807, 2.05) is 0 Å². The minimum atomic E-state index is -0.269. The maximum absolute atomic E-state index is 12.6. The molecular formula is C11H15FN2. The van der Waals surface area contributed by atoms with E-state index in [1.54, 1.807) is 6.07 Å². The van der Waals surface area contributed by atoms with Gasteiger partial charge in [0, 0.05) is 13.1 Å². The van der Waals surface area contributed by atoms with Crippen LogP contribution in [0.1, 0.15) is 13.8 Å². The Morgan fingerprint density at radius 1 is 1.43 bits per heavy atom. The van der Waals surface area contributed by atoms with E-state index in [1.165, 1.54) is 12.3 Å². The van der Waals surface area contributed by atoms with Crippen LogP contribution in [0, 0.1) is 17.7 Å². The van der Waals surface area contributed by atoms with Gasteiger partial charge in [-0.15, -0.1) is 0 Å². The fourth-order valence-corrected chi connectivity index (χ4v) is 1.68. The molecule has 0 radical (unpaired) electrons. The van der Waals surface area contributed by atoms with Crippen molar-refractivity contribution in [2.75, 3.05) is 18.0 Å². The van der Waals surface area contributed by atoms with Gasteiger partial charge in [0.1, 0.15) is 11.6 Å². The highest BCUT2D eigenvalue weighted by Crippen LogP contribution is 2.27. The second kappa shape index (κ2) is 3.56. The predicted molar refractivity (Wildman–Crippen MR) is 54.7 cm³/mol. The third-order valence-corrected chi connectivity index (χ3v) is 2.89. The van der Waals surface area contributed by atoms with Crippen molar-refractivity contribution in [1.29, 1.82) is 0 Å². The van der Waals surface area contributed by atoms with Crippen molar-refractivity contribution in [3.05, 3.63) is 24.1 Å². The Morgan fingerprint density at radius 3 is 2.64 bits per heavy atom. The van der Waals surface area contributed by atoms with E-state index in [2.05, 4.69) is 23.7 Å². The van der Waals surface area contributed by atoms with Gasteiger partial charge in [0.2, 0.25) is 0 Å². The first-order chi connectivity index (χ1) is 6.66. The highest BCUT2D eigenvalue weighted by atomic mass is 19.1. The fourth-order valence-electron chi connectivity index (χ4n) is 1.68. The lowest BCUT2D eigenvalue weighted by Crippen LogP contribution is -2.49. The molecule has 0 amide bonds. The first kappa shape index (κ1) is 9.44. The maximum Gasteiger partial charge on any atom is 0.141 e. The Kier molecular flexibility index (Phi) is 2.40. The molecule has 0 unspecified atom stereocenters. The van der Waals surface area contributed by atoms with Crippen molar-refractivity contribution in [3.63, 3.8) is 0 Å². The quantitative estimate of drug-likeness (QED) is 0.718. The zero-order valence-electron chi connectivity index (χ0n) is 8.57. The summed E-state index contributed by atoms with van der Waals surface area (Å²) < 4.78 is 12.6. The molecule has 0 N–H and O–H groups in total. The first-order valence-electron chi connectivity index (χ1n) is 5.03. The molecule has 0 bridgehead atoms. The molecule has 1 aromatic heterocycles. The molecule has 1 aromatic rings.